The van der Waals surface area contributed by atoms with Crippen LogP contribution in [-0.2, 0) is 0 Å². The lowest BCUT2D eigenvalue weighted by molar-refractivity contribution is 1.32. The van der Waals surface area contributed by atoms with Crippen LogP contribution < -0.4 is 0 Å². The highest BCUT2D eigenvalue weighted by Crippen LogP contribution is 2.44. The summed E-state index contributed by atoms with van der Waals surface area (Å²) in [6.45, 7) is 6.61. The predicted molar refractivity (Wildman–Crippen MR) is 169 cm³/mol. The van der Waals surface area contributed by atoms with Gasteiger partial charge in [-0.2, -0.15) is 0 Å². The van der Waals surface area contributed by atoms with E-state index < -0.39 is 0 Å². The van der Waals surface area contributed by atoms with Crippen LogP contribution in [0, 0.1) is 20.8 Å². The molecule has 0 heterocycles. The van der Waals surface area contributed by atoms with Gasteiger partial charge in [-0.15, -0.1) is 0 Å². The number of fused-ring (bicyclic) bond motifs is 3. The van der Waals surface area contributed by atoms with Gasteiger partial charge >= 0.3 is 0 Å². The van der Waals surface area contributed by atoms with Gasteiger partial charge in [0.15, 0.2) is 0 Å². The van der Waals surface area contributed by atoms with Crippen molar-refractivity contribution in [3.8, 4) is 33.4 Å². The molecular weight excluding hydrogens is 468 g/mol. The highest BCUT2D eigenvalue weighted by molar-refractivity contribution is 6.21. The van der Waals surface area contributed by atoms with Crippen molar-refractivity contribution in [2.45, 2.75) is 20.8 Å². The molecule has 0 aliphatic carbocycles. The Kier molecular flexibility index (Phi) is 5.56. The molecule has 0 nitrogen and oxygen atoms in total. The van der Waals surface area contributed by atoms with Crippen LogP contribution in [0.3, 0.4) is 0 Å². The number of hydrogen-bond acceptors (Lipinski definition) is 0. The summed E-state index contributed by atoms with van der Waals surface area (Å²) in [4.78, 5) is 0. The largest absolute Gasteiger partial charge is 0.0622 e. The van der Waals surface area contributed by atoms with E-state index in [1.54, 1.807) is 0 Å². The summed E-state index contributed by atoms with van der Waals surface area (Å²) in [6.07, 6.45) is 0. The minimum atomic E-state index is 1.25. The normalized spacial score (nSPS) is 11.5. The lowest BCUT2D eigenvalue weighted by Gasteiger charge is -2.18. The average molecular weight is 499 g/mol. The third kappa shape index (κ3) is 3.92. The van der Waals surface area contributed by atoms with Gasteiger partial charge < -0.3 is 0 Å². The van der Waals surface area contributed by atoms with Crippen LogP contribution in [0.15, 0.2) is 127 Å². The molecule has 39 heavy (non-hydrogen) atoms. The van der Waals surface area contributed by atoms with E-state index in [0.29, 0.717) is 0 Å². The number of benzene rings is 7. The van der Waals surface area contributed by atoms with E-state index in [2.05, 4.69) is 148 Å². The number of hydrogen-bond donors (Lipinski definition) is 0. The van der Waals surface area contributed by atoms with Crippen molar-refractivity contribution in [3.05, 3.63) is 144 Å². The van der Waals surface area contributed by atoms with E-state index in [-0.39, 0.29) is 0 Å². The maximum atomic E-state index is 2.37. The Hall–Kier alpha value is -4.68. The Labute approximate surface area is 230 Å². The number of aryl methyl sites for hydroxylation is 3. The summed E-state index contributed by atoms with van der Waals surface area (Å²) in [6, 6.07) is 47.0. The van der Waals surface area contributed by atoms with Crippen molar-refractivity contribution in [1.82, 2.24) is 0 Å². The lowest BCUT2D eigenvalue weighted by atomic mass is 9.85. The van der Waals surface area contributed by atoms with Crippen molar-refractivity contribution in [2.24, 2.45) is 0 Å². The van der Waals surface area contributed by atoms with Crippen LogP contribution in [0.5, 0.6) is 0 Å². The highest BCUT2D eigenvalue weighted by Gasteiger charge is 2.16. The summed E-state index contributed by atoms with van der Waals surface area (Å²) in [5, 5.41) is 7.69. The molecule has 186 valence electrons. The van der Waals surface area contributed by atoms with Gasteiger partial charge in [-0.1, -0.05) is 121 Å². The molecule has 0 heteroatoms. The first kappa shape index (κ1) is 23.4. The molecule has 7 rings (SSSR count). The first-order valence-corrected chi connectivity index (χ1v) is 13.7. The van der Waals surface area contributed by atoms with Crippen molar-refractivity contribution in [1.29, 1.82) is 0 Å². The highest BCUT2D eigenvalue weighted by atomic mass is 14.2. The van der Waals surface area contributed by atoms with E-state index in [1.807, 2.05) is 0 Å². The van der Waals surface area contributed by atoms with E-state index in [0.717, 1.165) is 0 Å². The van der Waals surface area contributed by atoms with Crippen LogP contribution in [0.25, 0.3) is 65.7 Å². The fourth-order valence-corrected chi connectivity index (χ4v) is 6.55. The summed E-state index contributed by atoms with van der Waals surface area (Å²) < 4.78 is 0. The van der Waals surface area contributed by atoms with E-state index in [9.17, 15) is 0 Å². The average Bonchev–Trinajstić information content (AvgIpc) is 2.95. The van der Waals surface area contributed by atoms with Gasteiger partial charge in [0, 0.05) is 0 Å². The number of rotatable bonds is 3. The minimum Gasteiger partial charge on any atom is -0.0622 e. The molecule has 0 saturated heterocycles. The molecule has 0 unspecified atom stereocenters. The Morgan fingerprint density at radius 2 is 0.744 bits per heavy atom. The van der Waals surface area contributed by atoms with Crippen molar-refractivity contribution in [3.63, 3.8) is 0 Å². The van der Waals surface area contributed by atoms with E-state index >= 15 is 0 Å². The molecule has 0 spiro atoms. The fraction of sp³-hybridized carbons (Fsp3) is 0.0769. The summed E-state index contributed by atoms with van der Waals surface area (Å²) in [5.41, 5.74) is 11.7. The van der Waals surface area contributed by atoms with Crippen LogP contribution in [0.2, 0.25) is 0 Å². The molecule has 0 fully saturated rings. The van der Waals surface area contributed by atoms with Gasteiger partial charge in [-0.3, -0.25) is 0 Å². The van der Waals surface area contributed by atoms with Crippen molar-refractivity contribution in [2.75, 3.05) is 0 Å². The van der Waals surface area contributed by atoms with Crippen LogP contribution >= 0.6 is 0 Å². The molecule has 7 aromatic carbocycles. The quantitative estimate of drug-likeness (QED) is 0.213. The van der Waals surface area contributed by atoms with Crippen LogP contribution in [0.4, 0.5) is 0 Å². The maximum Gasteiger partial charge on any atom is -0.00262 e. The molecule has 0 aliphatic rings. The van der Waals surface area contributed by atoms with Crippen molar-refractivity contribution < 1.29 is 0 Å². The van der Waals surface area contributed by atoms with Gasteiger partial charge in [0.2, 0.25) is 0 Å². The third-order valence-corrected chi connectivity index (χ3v) is 8.09. The molecule has 0 bridgehead atoms. The molecule has 0 saturated carbocycles. The molecule has 0 atom stereocenters. The Bertz CT molecular complexity index is 1950. The molecule has 0 N–H and O–H groups in total. The third-order valence-electron chi connectivity index (χ3n) is 8.09. The van der Waals surface area contributed by atoms with Gasteiger partial charge in [-0.05, 0) is 110 Å². The second kappa shape index (κ2) is 9.26. The zero-order valence-corrected chi connectivity index (χ0v) is 22.6. The predicted octanol–water partition coefficient (Wildman–Crippen LogP) is 11.1. The van der Waals surface area contributed by atoms with Gasteiger partial charge in [0.05, 0.1) is 0 Å². The second-order valence-electron chi connectivity index (χ2n) is 10.8. The smallest absolute Gasteiger partial charge is 0.00262 e. The van der Waals surface area contributed by atoms with E-state index in [1.165, 1.54) is 82.4 Å². The van der Waals surface area contributed by atoms with E-state index in [4.69, 9.17) is 0 Å². The fourth-order valence-electron chi connectivity index (χ4n) is 6.55. The van der Waals surface area contributed by atoms with Gasteiger partial charge in [-0.25, -0.2) is 0 Å². The van der Waals surface area contributed by atoms with Crippen molar-refractivity contribution >= 4 is 32.3 Å². The Morgan fingerprint density at radius 1 is 0.333 bits per heavy atom. The zero-order valence-electron chi connectivity index (χ0n) is 22.6. The molecule has 7 aromatic rings. The molecule has 0 radical (unpaired) electrons. The maximum absolute atomic E-state index is 2.37. The molecular formula is C39H30. The SMILES string of the molecule is Cc1cc(C)c(-c2ccc3cc(-c4c5ccccc5c(-c5ccccc5)c5ccccc45)ccc3c2)c(C)c1. The standard InChI is InChI=1S/C39H30/c1-25-21-26(2)37(27(3)22-25)31-19-17-30-24-32(20-18-29(30)23-31)39-35-15-9-7-13-33(35)38(28-11-5-4-6-12-28)34-14-8-10-16-36(34)39/h4-24H,1-3H3. The molecule has 0 amide bonds. The zero-order chi connectivity index (χ0) is 26.5. The Morgan fingerprint density at radius 3 is 1.23 bits per heavy atom. The first-order chi connectivity index (χ1) is 19.1. The van der Waals surface area contributed by atoms with Crippen LogP contribution in [0.1, 0.15) is 16.7 Å². The van der Waals surface area contributed by atoms with Crippen LogP contribution in [-0.4, -0.2) is 0 Å². The second-order valence-corrected chi connectivity index (χ2v) is 10.8. The topological polar surface area (TPSA) is 0 Å². The molecule has 0 aliphatic heterocycles. The first-order valence-electron chi connectivity index (χ1n) is 13.7. The Balaban J connectivity index is 1.46. The van der Waals surface area contributed by atoms with Gasteiger partial charge in [0.25, 0.3) is 0 Å². The lowest BCUT2D eigenvalue weighted by Crippen LogP contribution is -1.91. The summed E-state index contributed by atoms with van der Waals surface area (Å²) in [5.74, 6) is 0. The minimum absolute atomic E-state index is 1.25. The molecule has 0 aromatic heterocycles. The van der Waals surface area contributed by atoms with Gasteiger partial charge in [0.1, 0.15) is 0 Å². The summed E-state index contributed by atoms with van der Waals surface area (Å²) >= 11 is 0. The monoisotopic (exact) mass is 498 g/mol. The summed E-state index contributed by atoms with van der Waals surface area (Å²) in [7, 11) is 0.